The Kier molecular flexibility index (Phi) is 5.55. The highest BCUT2D eigenvalue weighted by Crippen LogP contribution is 2.29. The van der Waals surface area contributed by atoms with E-state index in [1.54, 1.807) is 13.0 Å². The highest BCUT2D eigenvalue weighted by atomic mass is 32.2. The van der Waals surface area contributed by atoms with Crippen LogP contribution in [0.15, 0.2) is 29.2 Å². The van der Waals surface area contributed by atoms with Gasteiger partial charge in [-0.25, -0.2) is 12.8 Å². The first-order valence-corrected chi connectivity index (χ1v) is 10.7. The molecule has 0 unspecified atom stereocenters. The summed E-state index contributed by atoms with van der Waals surface area (Å²) in [7, 11) is -2.17. The van der Waals surface area contributed by atoms with Gasteiger partial charge >= 0.3 is 0 Å². The third-order valence-corrected chi connectivity index (χ3v) is 7.65. The molecule has 3 rings (SSSR count). The SMILES string of the molecule is COc1ccc(F)cc1C(=O)N1CCN(S(=O)(=O)c2cc(C)sc2C)CC1. The van der Waals surface area contributed by atoms with Crippen LogP contribution in [0.1, 0.15) is 20.1 Å². The molecule has 1 amide bonds. The fourth-order valence-electron chi connectivity index (χ4n) is 3.15. The summed E-state index contributed by atoms with van der Waals surface area (Å²) < 4.78 is 45.8. The molecule has 1 saturated heterocycles. The summed E-state index contributed by atoms with van der Waals surface area (Å²) >= 11 is 1.45. The fraction of sp³-hybridized carbons (Fsp3) is 0.389. The van der Waals surface area contributed by atoms with E-state index in [9.17, 15) is 17.6 Å². The number of amides is 1. The number of halogens is 1. The molecular weight excluding hydrogens is 391 g/mol. The Bertz CT molecular complexity index is 964. The summed E-state index contributed by atoms with van der Waals surface area (Å²) in [6.07, 6.45) is 0. The van der Waals surface area contributed by atoms with Gasteiger partial charge in [-0.3, -0.25) is 4.79 Å². The van der Waals surface area contributed by atoms with Crippen LogP contribution in [0.4, 0.5) is 4.39 Å². The van der Waals surface area contributed by atoms with E-state index in [2.05, 4.69) is 0 Å². The van der Waals surface area contributed by atoms with Gasteiger partial charge in [0.15, 0.2) is 0 Å². The monoisotopic (exact) mass is 412 g/mol. The average Bonchev–Trinajstić information content (AvgIpc) is 3.00. The van der Waals surface area contributed by atoms with Crippen molar-refractivity contribution in [3.8, 4) is 5.75 Å². The van der Waals surface area contributed by atoms with Crippen molar-refractivity contribution in [2.24, 2.45) is 0 Å². The summed E-state index contributed by atoms with van der Waals surface area (Å²) in [5.74, 6) is -0.601. The van der Waals surface area contributed by atoms with Crippen LogP contribution in [0, 0.1) is 19.7 Å². The molecule has 0 atom stereocenters. The van der Waals surface area contributed by atoms with Crippen molar-refractivity contribution in [1.82, 2.24) is 9.21 Å². The van der Waals surface area contributed by atoms with Gasteiger partial charge in [0, 0.05) is 35.9 Å². The summed E-state index contributed by atoms with van der Waals surface area (Å²) in [6, 6.07) is 5.46. The number of benzene rings is 1. The van der Waals surface area contributed by atoms with Crippen LogP contribution in [-0.2, 0) is 10.0 Å². The Morgan fingerprint density at radius 1 is 1.15 bits per heavy atom. The highest BCUT2D eigenvalue weighted by Gasteiger charge is 2.32. The van der Waals surface area contributed by atoms with E-state index in [0.29, 0.717) is 10.6 Å². The lowest BCUT2D eigenvalue weighted by Gasteiger charge is -2.34. The lowest BCUT2D eigenvalue weighted by molar-refractivity contribution is 0.0694. The molecule has 9 heteroatoms. The molecule has 146 valence electrons. The van der Waals surface area contributed by atoms with Gasteiger partial charge in [-0.15, -0.1) is 11.3 Å². The topological polar surface area (TPSA) is 66.9 Å². The molecule has 1 aliphatic rings. The number of aryl methyl sites for hydroxylation is 2. The van der Waals surface area contributed by atoms with Crippen LogP contribution in [0.5, 0.6) is 5.75 Å². The number of carbonyl (C=O) groups is 1. The number of hydrogen-bond donors (Lipinski definition) is 0. The molecule has 1 aromatic carbocycles. The second-order valence-corrected chi connectivity index (χ2v) is 9.69. The summed E-state index contributed by atoms with van der Waals surface area (Å²) in [5, 5.41) is 0. The van der Waals surface area contributed by atoms with Crippen LogP contribution in [-0.4, -0.2) is 56.8 Å². The number of thiophene rings is 1. The Hall–Kier alpha value is -1.97. The number of carbonyl (C=O) groups excluding carboxylic acids is 1. The number of nitrogens with zero attached hydrogens (tertiary/aromatic N) is 2. The van der Waals surface area contributed by atoms with Crippen molar-refractivity contribution in [3.05, 3.63) is 45.4 Å². The molecule has 0 saturated carbocycles. The molecule has 0 spiro atoms. The van der Waals surface area contributed by atoms with Gasteiger partial charge in [0.05, 0.1) is 17.6 Å². The predicted octanol–water partition coefficient (Wildman–Crippen LogP) is 2.66. The van der Waals surface area contributed by atoms with Gasteiger partial charge < -0.3 is 9.64 Å². The first-order valence-electron chi connectivity index (χ1n) is 8.44. The normalized spacial score (nSPS) is 15.8. The van der Waals surface area contributed by atoms with E-state index >= 15 is 0 Å². The molecule has 2 heterocycles. The number of sulfonamides is 1. The lowest BCUT2D eigenvalue weighted by Crippen LogP contribution is -2.50. The van der Waals surface area contributed by atoms with Crippen LogP contribution in [0.25, 0.3) is 0 Å². The maximum Gasteiger partial charge on any atom is 0.257 e. The van der Waals surface area contributed by atoms with E-state index in [1.807, 2.05) is 6.92 Å². The Morgan fingerprint density at radius 3 is 2.37 bits per heavy atom. The second-order valence-electron chi connectivity index (χ2n) is 6.32. The first-order chi connectivity index (χ1) is 12.7. The van der Waals surface area contributed by atoms with Crippen LogP contribution >= 0.6 is 11.3 Å². The maximum absolute atomic E-state index is 13.5. The minimum atomic E-state index is -3.58. The molecule has 0 radical (unpaired) electrons. The van der Waals surface area contributed by atoms with Gasteiger partial charge in [0.2, 0.25) is 10.0 Å². The number of hydrogen-bond acceptors (Lipinski definition) is 5. The summed E-state index contributed by atoms with van der Waals surface area (Å²) in [5.41, 5.74) is 0.137. The van der Waals surface area contributed by atoms with Gasteiger partial charge in [-0.2, -0.15) is 4.31 Å². The van der Waals surface area contributed by atoms with Gasteiger partial charge in [-0.05, 0) is 38.1 Å². The second kappa shape index (κ2) is 7.57. The third kappa shape index (κ3) is 3.85. The average molecular weight is 413 g/mol. The van der Waals surface area contributed by atoms with Crippen LogP contribution < -0.4 is 4.74 Å². The largest absolute Gasteiger partial charge is 0.496 e. The van der Waals surface area contributed by atoms with Crippen LogP contribution in [0.2, 0.25) is 0 Å². The van der Waals surface area contributed by atoms with Crippen molar-refractivity contribution in [2.75, 3.05) is 33.3 Å². The van der Waals surface area contributed by atoms with Crippen molar-refractivity contribution >= 4 is 27.3 Å². The molecule has 6 nitrogen and oxygen atoms in total. The van der Waals surface area contributed by atoms with E-state index in [0.717, 1.165) is 15.8 Å². The minimum absolute atomic E-state index is 0.137. The lowest BCUT2D eigenvalue weighted by atomic mass is 10.1. The standard InChI is InChI=1S/C18H21FN2O4S2/c1-12-10-17(13(2)26-12)27(23,24)21-8-6-20(7-9-21)18(22)15-11-14(19)4-5-16(15)25-3/h4-5,10-11H,6-9H2,1-3H3. The van der Waals surface area contributed by atoms with E-state index in [-0.39, 0.29) is 37.6 Å². The number of ether oxygens (including phenoxy) is 1. The van der Waals surface area contributed by atoms with Crippen molar-refractivity contribution in [1.29, 1.82) is 0 Å². The Morgan fingerprint density at radius 2 is 1.81 bits per heavy atom. The van der Waals surface area contributed by atoms with Crippen LogP contribution in [0.3, 0.4) is 0 Å². The van der Waals surface area contributed by atoms with Gasteiger partial charge in [0.25, 0.3) is 5.91 Å². The van der Waals surface area contributed by atoms with E-state index in [1.165, 1.54) is 39.8 Å². The zero-order valence-electron chi connectivity index (χ0n) is 15.4. The van der Waals surface area contributed by atoms with Gasteiger partial charge in [-0.1, -0.05) is 0 Å². The smallest absolute Gasteiger partial charge is 0.257 e. The molecule has 0 bridgehead atoms. The molecule has 1 aliphatic heterocycles. The molecule has 0 aliphatic carbocycles. The Labute approximate surface area is 162 Å². The number of methoxy groups -OCH3 is 1. The summed E-state index contributed by atoms with van der Waals surface area (Å²) in [4.78, 5) is 16.3. The zero-order chi connectivity index (χ0) is 19.8. The van der Waals surface area contributed by atoms with E-state index in [4.69, 9.17) is 4.74 Å². The van der Waals surface area contributed by atoms with Crippen molar-refractivity contribution in [2.45, 2.75) is 18.7 Å². The summed E-state index contributed by atoms with van der Waals surface area (Å²) in [6.45, 7) is 4.53. The van der Waals surface area contributed by atoms with Gasteiger partial charge in [0.1, 0.15) is 11.6 Å². The number of piperazine rings is 1. The van der Waals surface area contributed by atoms with Crippen molar-refractivity contribution < 1.29 is 22.3 Å². The maximum atomic E-state index is 13.5. The van der Waals surface area contributed by atoms with Crippen molar-refractivity contribution in [3.63, 3.8) is 0 Å². The molecule has 27 heavy (non-hydrogen) atoms. The minimum Gasteiger partial charge on any atom is -0.496 e. The Balaban J connectivity index is 1.75. The fourth-order valence-corrected chi connectivity index (χ4v) is 6.10. The third-order valence-electron chi connectivity index (χ3n) is 4.53. The zero-order valence-corrected chi connectivity index (χ0v) is 17.0. The van der Waals surface area contributed by atoms with E-state index < -0.39 is 15.8 Å². The number of rotatable bonds is 4. The molecule has 2 aromatic rings. The molecule has 0 N–H and O–H groups in total. The predicted molar refractivity (Wildman–Crippen MR) is 101 cm³/mol. The highest BCUT2D eigenvalue weighted by molar-refractivity contribution is 7.89. The first kappa shape index (κ1) is 19.8. The quantitative estimate of drug-likeness (QED) is 0.774. The molecule has 1 fully saturated rings. The molecular formula is C18H21FN2O4S2. The molecule has 1 aromatic heterocycles.